The van der Waals surface area contributed by atoms with Gasteiger partial charge in [0.05, 0.1) is 5.09 Å². The summed E-state index contributed by atoms with van der Waals surface area (Å²) in [6, 6.07) is 0. The summed E-state index contributed by atoms with van der Waals surface area (Å²) in [5, 5.41) is 14.8. The molecule has 0 amide bonds. The lowest BCUT2D eigenvalue weighted by Gasteiger charge is -1.74. The molecule has 11 nitrogen and oxygen atoms in total. The van der Waals surface area contributed by atoms with Crippen LogP contribution in [-0.2, 0) is 0 Å². The normalized spacial score (nSPS) is 2.00. The predicted octanol–water partition coefficient (Wildman–Crippen LogP) is -5.19. The van der Waals surface area contributed by atoms with Gasteiger partial charge in [-0.05, 0) is 0 Å². The molecule has 0 aliphatic carbocycles. The molecule has 0 fully saturated rings. The van der Waals surface area contributed by atoms with Crippen LogP contribution < -0.4 is 6.15 Å². The molecule has 0 aromatic rings. The van der Waals surface area contributed by atoms with Gasteiger partial charge in [-0.2, -0.15) is 0 Å². The smallest absolute Gasteiger partial charge is 0.0689 e. The Morgan fingerprint density at radius 2 is 0.750 bits per heavy atom. The summed E-state index contributed by atoms with van der Waals surface area (Å²) in [5.41, 5.74) is 0. The van der Waals surface area contributed by atoms with Crippen molar-refractivity contribution in [3.05, 3.63) is 15.3 Å². The number of rotatable bonds is 0. The van der Waals surface area contributed by atoms with Crippen LogP contribution in [0.3, 0.4) is 0 Å². The Kier molecular flexibility index (Phi) is 2140. The quantitative estimate of drug-likeness (QED) is 0.234. The summed E-state index contributed by atoms with van der Waals surface area (Å²) in [5.74, 6) is 0. The van der Waals surface area contributed by atoms with Gasteiger partial charge in [0.25, 0.3) is 0 Å². The molecule has 0 saturated heterocycles. The van der Waals surface area contributed by atoms with Gasteiger partial charge in [-0.1, -0.05) is 0 Å². The molecule has 12 heteroatoms. The monoisotopic (exact) mass is 212 g/mol. The summed E-state index contributed by atoms with van der Waals surface area (Å²) in [7, 11) is 0. The Bertz CT molecular complexity index is 35.5. The lowest BCUT2D eigenvalue weighted by atomic mass is 13.1. The van der Waals surface area contributed by atoms with Crippen LogP contribution in [-0.4, -0.2) is 61.0 Å². The van der Waals surface area contributed by atoms with E-state index >= 15 is 0 Å². The maximum Gasteiger partial charge on any atom is 0.0689 e. The van der Waals surface area contributed by atoms with Crippen LogP contribution in [0.2, 0.25) is 0 Å². The zero-order chi connectivity index (χ0) is 3.58. The molecule has 82 valence electrons. The lowest BCUT2D eigenvalue weighted by molar-refractivity contribution is -0.402. The zero-order valence-corrected chi connectivity index (χ0v) is 7.79. The Morgan fingerprint density at radius 3 is 0.750 bits per heavy atom. The van der Waals surface area contributed by atoms with Crippen molar-refractivity contribution in [1.29, 1.82) is 0 Å². The molecule has 0 rings (SSSR count). The van der Waals surface area contributed by atoms with E-state index in [1.165, 1.54) is 0 Å². The van der Waals surface area contributed by atoms with E-state index in [-0.39, 0.29) is 62.1 Å². The predicted molar refractivity (Wildman–Crippen MR) is 43.8 cm³/mol. The van der Waals surface area contributed by atoms with Crippen molar-refractivity contribution in [3.63, 3.8) is 0 Å². The molecule has 0 saturated carbocycles. The second kappa shape index (κ2) is 139. The molecule has 0 aromatic carbocycles. The molecule has 2 radical (unpaired) electrons. The van der Waals surface area contributed by atoms with Gasteiger partial charge in [0.2, 0.25) is 0 Å². The first-order chi connectivity index (χ1) is 1.73. The third kappa shape index (κ3) is 7420. The van der Waals surface area contributed by atoms with Crippen LogP contribution in [0.4, 0.5) is 0 Å². The van der Waals surface area contributed by atoms with Gasteiger partial charge in [-0.3, -0.25) is 0 Å². The van der Waals surface area contributed by atoms with Crippen molar-refractivity contribution in [2.45, 2.75) is 0 Å². The van der Waals surface area contributed by atoms with Crippen molar-refractivity contribution >= 4 is 23.1 Å². The average Bonchev–Trinajstić information content (AvgIpc) is 0.811. The van der Waals surface area contributed by atoms with Crippen molar-refractivity contribution in [2.24, 2.45) is 0 Å². The summed E-state index contributed by atoms with van der Waals surface area (Å²) >= 11 is 0. The first-order valence-electron chi connectivity index (χ1n) is 0.548. The second-order valence-electron chi connectivity index (χ2n) is 0.224. The van der Waals surface area contributed by atoms with Gasteiger partial charge in [0.1, 0.15) is 0 Å². The van der Waals surface area contributed by atoms with Crippen LogP contribution in [0.15, 0.2) is 0 Å². The van der Waals surface area contributed by atoms with Crippen molar-refractivity contribution in [2.75, 3.05) is 0 Å². The van der Waals surface area contributed by atoms with E-state index in [4.69, 9.17) is 15.3 Å². The fourth-order valence-electron chi connectivity index (χ4n) is 0. The van der Waals surface area contributed by atoms with E-state index in [0.29, 0.717) is 0 Å². The highest BCUT2D eigenvalue weighted by Crippen LogP contribution is 1.44. The Morgan fingerprint density at radius 1 is 0.750 bits per heavy atom. The van der Waals surface area contributed by atoms with E-state index in [1.54, 1.807) is 0 Å². The molecule has 0 aliphatic rings. The summed E-state index contributed by atoms with van der Waals surface area (Å²) in [4.78, 5) is 8.25. The molecule has 0 aliphatic heterocycles. The molecule has 16 N–H and O–H groups in total. The molecule has 0 bridgehead atoms. The van der Waals surface area contributed by atoms with E-state index in [2.05, 4.69) is 0 Å². The number of quaternary nitrogens is 1. The van der Waals surface area contributed by atoms with Crippen molar-refractivity contribution in [1.82, 2.24) is 6.15 Å². The van der Waals surface area contributed by atoms with Gasteiger partial charge in [-0.15, -0.1) is 0 Å². The van der Waals surface area contributed by atoms with E-state index in [0.717, 1.165) is 0 Å². The van der Waals surface area contributed by atoms with Crippen LogP contribution in [0.1, 0.15) is 0 Å². The van der Waals surface area contributed by atoms with Gasteiger partial charge >= 0.3 is 0 Å². The number of nitrogens with zero attached hydrogens (tertiary/aromatic N) is 1. The van der Waals surface area contributed by atoms with Gasteiger partial charge in [0.15, 0.2) is 0 Å². The topological polar surface area (TPSA) is 292 Å². The second-order valence-corrected chi connectivity index (χ2v) is 0.224. The minimum absolute atomic E-state index is 0. The lowest BCUT2D eigenvalue weighted by Crippen LogP contribution is -1.74. The molecule has 0 unspecified atom stereocenters. The molecular weight excluding hydrogens is 196 g/mol. The fourth-order valence-corrected chi connectivity index (χ4v) is 0. The van der Waals surface area contributed by atoms with Crippen LogP contribution in [0, 0.1) is 15.3 Å². The molecular formula is H16MgN2O9. The van der Waals surface area contributed by atoms with Gasteiger partial charge in [0, 0.05) is 23.1 Å². The highest BCUT2D eigenvalue weighted by atomic mass is 24.3. The van der Waals surface area contributed by atoms with Gasteiger partial charge < -0.3 is 54.3 Å². The maximum atomic E-state index is 8.25. The van der Waals surface area contributed by atoms with Crippen LogP contribution in [0.5, 0.6) is 0 Å². The first-order valence-corrected chi connectivity index (χ1v) is 0.548. The molecule has 0 aromatic heterocycles. The minimum Gasteiger partial charge on any atom is -0.412 e. The average molecular weight is 212 g/mol. The van der Waals surface area contributed by atoms with E-state index in [9.17, 15) is 0 Å². The minimum atomic E-state index is -1.75. The first kappa shape index (κ1) is 185. The Labute approximate surface area is 83.1 Å². The third-order valence-corrected chi connectivity index (χ3v) is 0. The van der Waals surface area contributed by atoms with E-state index in [1.807, 2.05) is 0 Å². The number of hydrogen-bond donors (Lipinski definition) is 1. The largest absolute Gasteiger partial charge is 0.412 e. The van der Waals surface area contributed by atoms with Crippen molar-refractivity contribution in [3.8, 4) is 0 Å². The van der Waals surface area contributed by atoms with Crippen LogP contribution in [0.25, 0.3) is 0 Å². The molecule has 0 spiro atoms. The molecule has 0 heterocycles. The summed E-state index contributed by atoms with van der Waals surface area (Å²) in [6.45, 7) is 0. The number of hydrogen-bond acceptors (Lipinski definition) is 3. The summed E-state index contributed by atoms with van der Waals surface area (Å²) in [6.07, 6.45) is 0. The summed E-state index contributed by atoms with van der Waals surface area (Å²) < 4.78 is 0. The van der Waals surface area contributed by atoms with Gasteiger partial charge in [-0.25, -0.2) is 0 Å². The highest BCUT2D eigenvalue weighted by Gasteiger charge is 1.45. The third-order valence-electron chi connectivity index (χ3n) is 0. The zero-order valence-electron chi connectivity index (χ0n) is 6.38. The highest BCUT2D eigenvalue weighted by molar-refractivity contribution is 5.75. The fraction of sp³-hybridized carbons (Fsp3) is 0. The SMILES string of the molecule is O.O.O.O.O.O.O=[N+]([O-])[O-].[Mg].[NH4+]. The van der Waals surface area contributed by atoms with Crippen molar-refractivity contribution < 1.29 is 37.9 Å². The Hall–Kier alpha value is -0.314. The standard InChI is InChI=1S/Mg.NO3.H3N.6H2O/c;2-1(3)4;;;;;;;/h;;1H3;6*1H2/q;-1;;;;;;;/p+1. The molecule has 0 atom stereocenters. The van der Waals surface area contributed by atoms with E-state index < -0.39 is 5.09 Å². The maximum absolute atomic E-state index is 8.25. The Balaban J connectivity index is -0.00000000161. The molecule has 12 heavy (non-hydrogen) atoms. The van der Waals surface area contributed by atoms with Crippen LogP contribution >= 0.6 is 0 Å².